The zero-order chi connectivity index (χ0) is 29.9. The molecule has 4 rings (SSSR count). The first-order valence-corrected chi connectivity index (χ1v) is 15.3. The van der Waals surface area contributed by atoms with Crippen LogP contribution < -0.4 is 10.2 Å². The van der Waals surface area contributed by atoms with Gasteiger partial charge in [-0.1, -0.05) is 6.92 Å². The quantitative estimate of drug-likeness (QED) is 0.333. The summed E-state index contributed by atoms with van der Waals surface area (Å²) in [5.74, 6) is -1.08. The van der Waals surface area contributed by atoms with E-state index in [2.05, 4.69) is 20.8 Å². The molecule has 224 valence electrons. The van der Waals surface area contributed by atoms with Crippen molar-refractivity contribution in [2.45, 2.75) is 51.1 Å². The maximum absolute atomic E-state index is 13.5. The van der Waals surface area contributed by atoms with E-state index in [4.69, 9.17) is 4.74 Å². The van der Waals surface area contributed by atoms with E-state index >= 15 is 0 Å². The first-order chi connectivity index (χ1) is 20.4. The predicted octanol–water partition coefficient (Wildman–Crippen LogP) is 3.53. The molecule has 0 radical (unpaired) electrons. The number of nitrogens with one attached hydrogen (secondary N) is 1. The number of hydrogen-bond acceptors (Lipinski definition) is 8. The Bertz CT molecular complexity index is 1350. The minimum absolute atomic E-state index is 0.00266. The van der Waals surface area contributed by atoms with Gasteiger partial charge >= 0.3 is 240 Å². The number of anilines is 1. The van der Waals surface area contributed by atoms with Gasteiger partial charge in [0.25, 0.3) is 0 Å². The molecule has 1 aromatic heterocycles. The summed E-state index contributed by atoms with van der Waals surface area (Å²) in [4.78, 5) is 48.9. The first-order valence-electron chi connectivity index (χ1n) is 14.5. The van der Waals surface area contributed by atoms with Crippen LogP contribution in [0.5, 0.6) is 0 Å². The summed E-state index contributed by atoms with van der Waals surface area (Å²) in [6.07, 6.45) is 4.12. The Morgan fingerprint density at radius 1 is 1.10 bits per heavy atom. The Balaban J connectivity index is 1.51. The summed E-state index contributed by atoms with van der Waals surface area (Å²) >= 11 is 0. The van der Waals surface area contributed by atoms with Gasteiger partial charge in [0.15, 0.2) is 0 Å². The number of hydrogen-bond donors (Lipinski definition) is 2. The van der Waals surface area contributed by atoms with Crippen molar-refractivity contribution in [2.24, 2.45) is 0 Å². The van der Waals surface area contributed by atoms with Gasteiger partial charge in [-0.2, -0.15) is 0 Å². The van der Waals surface area contributed by atoms with Crippen molar-refractivity contribution in [1.29, 1.82) is 0 Å². The van der Waals surface area contributed by atoms with E-state index in [1.165, 1.54) is 4.90 Å². The molecule has 0 saturated carbocycles. The van der Waals surface area contributed by atoms with Gasteiger partial charge < -0.3 is 0 Å². The Morgan fingerprint density at radius 2 is 1.83 bits per heavy atom. The summed E-state index contributed by atoms with van der Waals surface area (Å²) in [6.45, 7) is 4.17. The molecule has 2 fully saturated rings. The van der Waals surface area contributed by atoms with E-state index in [1.54, 1.807) is 11.0 Å². The molecule has 0 bridgehead atoms. The molecule has 3 amide bonds. The molecule has 42 heavy (non-hydrogen) atoms. The van der Waals surface area contributed by atoms with Crippen molar-refractivity contribution in [3.8, 4) is 16.9 Å². The molecule has 1 aromatic carbocycles. The number of amides is 3. The van der Waals surface area contributed by atoms with Gasteiger partial charge in [-0.25, -0.2) is 0 Å². The first kappa shape index (κ1) is 31.3. The van der Waals surface area contributed by atoms with Crippen LogP contribution in [-0.2, 0) is 14.1 Å². The van der Waals surface area contributed by atoms with E-state index in [9.17, 15) is 24.1 Å². The number of carbonyl (C=O) groups is 3. The van der Waals surface area contributed by atoms with Gasteiger partial charge in [0.2, 0.25) is 0 Å². The Kier molecular flexibility index (Phi) is 11.6. The number of pyridine rings is 1. The van der Waals surface area contributed by atoms with Crippen LogP contribution in [0.1, 0.15) is 49.5 Å². The molecule has 2 N–H and O–H groups in total. The zero-order valence-corrected chi connectivity index (χ0v) is 24.8. The second-order valence-corrected chi connectivity index (χ2v) is 10.8. The zero-order valence-electron chi connectivity index (χ0n) is 23.9. The van der Waals surface area contributed by atoms with Gasteiger partial charge in [-0.15, -0.1) is 0 Å². The minimum atomic E-state index is -1.27. The van der Waals surface area contributed by atoms with E-state index < -0.39 is 31.9 Å². The van der Waals surface area contributed by atoms with Crippen LogP contribution in [0.4, 0.5) is 10.5 Å². The van der Waals surface area contributed by atoms with Gasteiger partial charge in [0.05, 0.1) is 0 Å². The number of piperazine rings is 1. The van der Waals surface area contributed by atoms with Crippen molar-refractivity contribution in [3.05, 3.63) is 48.2 Å². The van der Waals surface area contributed by atoms with E-state index in [0.29, 0.717) is 25.4 Å². The number of carbonyl (C=O) groups excluding carboxylic acids is 3. The molecular formula is C30H38N5O6P. The summed E-state index contributed by atoms with van der Waals surface area (Å²) < 4.78 is 16.8. The number of piperidine rings is 1. The number of ether oxygens (including phenoxy) is 1. The number of unbranched alkanes of at least 4 members (excludes halogenated alkanes) is 1. The van der Waals surface area contributed by atoms with E-state index in [1.807, 2.05) is 43.3 Å². The van der Waals surface area contributed by atoms with Crippen LogP contribution >= 0.6 is 7.92 Å². The van der Waals surface area contributed by atoms with Crippen LogP contribution in [0.2, 0.25) is 0 Å². The molecule has 2 aromatic rings. The average molecular weight is 596 g/mol. The second-order valence-electron chi connectivity index (χ2n) is 10.4. The van der Waals surface area contributed by atoms with Crippen LogP contribution in [0.25, 0.3) is 11.3 Å². The molecule has 0 aliphatic carbocycles. The summed E-state index contributed by atoms with van der Waals surface area (Å²) in [5, 5.41) is 12.6. The monoisotopic (exact) mass is 595 g/mol. The second kappa shape index (κ2) is 15.5. The third kappa shape index (κ3) is 8.00. The molecule has 2 aliphatic heterocycles. The summed E-state index contributed by atoms with van der Waals surface area (Å²) in [5.41, 5.74) is 4.76. The van der Waals surface area contributed by atoms with Gasteiger partial charge in [0.1, 0.15) is 0 Å². The number of aromatic nitrogens is 1. The third-order valence-corrected chi connectivity index (χ3v) is 7.92. The fourth-order valence-electron chi connectivity index (χ4n) is 5.18. The van der Waals surface area contributed by atoms with Gasteiger partial charge in [0, 0.05) is 0 Å². The normalized spacial score (nSPS) is 17.7. The van der Waals surface area contributed by atoms with Crippen molar-refractivity contribution >= 4 is 31.5 Å². The summed E-state index contributed by atoms with van der Waals surface area (Å²) in [6, 6.07) is 11.7. The molecule has 2 aliphatic rings. The number of aliphatic hydroxyl groups is 1. The number of rotatable bonds is 9. The predicted molar refractivity (Wildman–Crippen MR) is 159 cm³/mol. The average Bonchev–Trinajstić information content (AvgIpc) is 3.04. The number of nitrogens with zero attached hydrogens (tertiary/aromatic N) is 4. The van der Waals surface area contributed by atoms with E-state index in [-0.39, 0.29) is 31.4 Å². The number of benzene rings is 1. The van der Waals surface area contributed by atoms with Crippen molar-refractivity contribution < 1.29 is 28.8 Å². The SMILES string of the molecule is CCCCOC(=O)N1CCN(C(=O)[C@H](C#P=O)NC(=O)c2cc(N3CCCCC3CO)cc(-c3ccccc3)n2)CC1. The Labute approximate surface area is 247 Å². The third-order valence-electron chi connectivity index (χ3n) is 7.56. The van der Waals surface area contributed by atoms with Crippen LogP contribution in [0, 0.1) is 5.63 Å². The number of aliphatic hydroxyl groups excluding tert-OH is 1. The molecule has 2 saturated heterocycles. The molecule has 11 nitrogen and oxygen atoms in total. The van der Waals surface area contributed by atoms with Crippen molar-refractivity contribution in [2.75, 3.05) is 50.8 Å². The summed E-state index contributed by atoms with van der Waals surface area (Å²) in [7, 11) is -0.528. The van der Waals surface area contributed by atoms with Gasteiger partial charge in [-0.3, -0.25) is 0 Å². The topological polar surface area (TPSA) is 132 Å². The standard InChI is InChI=1S/C30H38N5O6P/c1-2-3-17-41-30(39)34-15-13-33(14-16-34)29(38)27(21-42-40)32-28(37)26-19-24(35-12-8-7-11-23(35)20-36)18-25(31-26)22-9-5-4-6-10-22/h4-6,9-10,18-19,23,27,36H,2-3,7-8,11-17,20H2,1H3,(H,32,37)/t23?,27-/m0/s1. The van der Waals surface area contributed by atoms with Crippen LogP contribution in [-0.4, -0.2) is 95.8 Å². The Morgan fingerprint density at radius 3 is 2.52 bits per heavy atom. The molecule has 1 unspecified atom stereocenters. The van der Waals surface area contributed by atoms with Crippen molar-refractivity contribution in [3.63, 3.8) is 0 Å². The molecule has 2 atom stereocenters. The maximum atomic E-state index is 13.5. The van der Waals surface area contributed by atoms with Crippen LogP contribution in [0.15, 0.2) is 42.5 Å². The fraction of sp³-hybridized carbons (Fsp3) is 0.500. The molecule has 3 heterocycles. The van der Waals surface area contributed by atoms with Crippen molar-refractivity contribution in [1.82, 2.24) is 20.1 Å². The Hall–Kier alpha value is -3.65. The van der Waals surface area contributed by atoms with Crippen LogP contribution in [0.3, 0.4) is 0 Å². The molecule has 0 spiro atoms. The molecule has 12 heteroatoms. The van der Waals surface area contributed by atoms with Gasteiger partial charge in [-0.05, 0) is 0 Å². The van der Waals surface area contributed by atoms with E-state index in [0.717, 1.165) is 49.9 Å². The fourth-order valence-corrected chi connectivity index (χ4v) is 5.46. The molecular weight excluding hydrogens is 557 g/mol.